The van der Waals surface area contributed by atoms with Crippen molar-refractivity contribution in [2.45, 2.75) is 44.6 Å². The van der Waals surface area contributed by atoms with Gasteiger partial charge in [-0.3, -0.25) is 4.79 Å². The predicted octanol–water partition coefficient (Wildman–Crippen LogP) is 1.30. The number of aliphatic carboxylic acids is 1. The van der Waals surface area contributed by atoms with Crippen molar-refractivity contribution in [3.05, 3.63) is 5.82 Å². The summed E-state index contributed by atoms with van der Waals surface area (Å²) in [6, 6.07) is 0.364. The number of hydrogen-bond acceptors (Lipinski definition) is 4. The molecule has 6 heteroatoms. The monoisotopic (exact) mass is 262 g/mol. The van der Waals surface area contributed by atoms with Crippen molar-refractivity contribution < 1.29 is 9.90 Å². The van der Waals surface area contributed by atoms with Gasteiger partial charge in [0.2, 0.25) is 0 Å². The van der Waals surface area contributed by atoms with Crippen LogP contribution in [-0.2, 0) is 11.2 Å². The summed E-state index contributed by atoms with van der Waals surface area (Å²) in [7, 11) is 0. The van der Waals surface area contributed by atoms with E-state index in [0.717, 1.165) is 11.8 Å². The highest BCUT2D eigenvalue weighted by Gasteiger charge is 2.49. The molecular weight excluding hydrogens is 244 g/mol. The Hall–Kier alpha value is -1.46. The van der Waals surface area contributed by atoms with Crippen LogP contribution in [0, 0.1) is 23.7 Å². The van der Waals surface area contributed by atoms with E-state index in [0.29, 0.717) is 23.7 Å². The molecule has 4 bridgehead atoms. The van der Waals surface area contributed by atoms with Gasteiger partial charge in [-0.25, -0.2) is 0 Å². The van der Waals surface area contributed by atoms with Gasteiger partial charge in [-0.1, -0.05) is 0 Å². The summed E-state index contributed by atoms with van der Waals surface area (Å²) in [6.07, 6.45) is 6.49. The molecule has 0 amide bonds. The van der Waals surface area contributed by atoms with Crippen LogP contribution < -0.4 is 0 Å². The maximum Gasteiger partial charge on any atom is 0.311 e. The highest BCUT2D eigenvalue weighted by molar-refractivity contribution is 5.68. The minimum Gasteiger partial charge on any atom is -0.481 e. The third-order valence-corrected chi connectivity index (χ3v) is 5.22. The summed E-state index contributed by atoms with van der Waals surface area (Å²) in [5.74, 6) is 2.64. The summed E-state index contributed by atoms with van der Waals surface area (Å²) in [5.41, 5.74) is 0. The molecule has 0 atom stereocenters. The fourth-order valence-electron chi connectivity index (χ4n) is 4.86. The van der Waals surface area contributed by atoms with Gasteiger partial charge in [0.25, 0.3) is 0 Å². The first kappa shape index (κ1) is 11.4. The van der Waals surface area contributed by atoms with E-state index in [9.17, 15) is 4.79 Å². The molecule has 1 heterocycles. The first-order valence-corrected chi connectivity index (χ1v) is 7.19. The van der Waals surface area contributed by atoms with Crippen LogP contribution in [0.1, 0.15) is 44.0 Å². The standard InChI is InChI=1S/C13H18N4O2/c18-12(19)6-11-14-16-17(15-11)13-9-2-7-1-8(4-9)5-10(13)3-7/h7-10,13H,1-6H2,(H,18,19). The molecule has 0 aromatic carbocycles. The van der Waals surface area contributed by atoms with Crippen molar-refractivity contribution in [3.8, 4) is 0 Å². The van der Waals surface area contributed by atoms with E-state index in [1.54, 1.807) is 4.80 Å². The van der Waals surface area contributed by atoms with E-state index < -0.39 is 5.97 Å². The van der Waals surface area contributed by atoms with Gasteiger partial charge >= 0.3 is 5.97 Å². The smallest absolute Gasteiger partial charge is 0.311 e. The number of aromatic nitrogens is 4. The Morgan fingerprint density at radius 2 is 1.79 bits per heavy atom. The first-order valence-electron chi connectivity index (χ1n) is 7.19. The maximum absolute atomic E-state index is 10.7. The van der Waals surface area contributed by atoms with E-state index in [2.05, 4.69) is 15.4 Å². The molecule has 0 unspecified atom stereocenters. The van der Waals surface area contributed by atoms with Crippen LogP contribution in [0.2, 0.25) is 0 Å². The molecule has 0 spiro atoms. The molecule has 5 rings (SSSR count). The van der Waals surface area contributed by atoms with Crippen molar-refractivity contribution >= 4 is 5.97 Å². The van der Waals surface area contributed by atoms with Gasteiger partial charge in [0.15, 0.2) is 5.82 Å². The molecule has 102 valence electrons. The minimum atomic E-state index is -0.898. The molecule has 19 heavy (non-hydrogen) atoms. The number of rotatable bonds is 3. The van der Waals surface area contributed by atoms with Gasteiger partial charge in [-0.15, -0.1) is 10.2 Å². The van der Waals surface area contributed by atoms with E-state index in [1.807, 2.05) is 0 Å². The van der Waals surface area contributed by atoms with Crippen LogP contribution in [0.4, 0.5) is 0 Å². The average molecular weight is 262 g/mol. The molecule has 1 aromatic heterocycles. The Morgan fingerprint density at radius 1 is 1.16 bits per heavy atom. The fraction of sp³-hybridized carbons (Fsp3) is 0.846. The molecule has 6 nitrogen and oxygen atoms in total. The van der Waals surface area contributed by atoms with Crippen LogP contribution >= 0.6 is 0 Å². The Balaban J connectivity index is 1.58. The molecule has 4 aliphatic rings. The normalized spacial score (nSPS) is 39.7. The number of carbonyl (C=O) groups is 1. The summed E-state index contributed by atoms with van der Waals surface area (Å²) in [4.78, 5) is 12.4. The molecule has 4 aliphatic carbocycles. The lowest BCUT2D eigenvalue weighted by Crippen LogP contribution is -2.46. The van der Waals surface area contributed by atoms with Gasteiger partial charge < -0.3 is 5.11 Å². The number of nitrogens with zero attached hydrogens (tertiary/aromatic N) is 4. The third kappa shape index (κ3) is 1.84. The summed E-state index contributed by atoms with van der Waals surface area (Å²) >= 11 is 0. The van der Waals surface area contributed by atoms with Gasteiger partial charge in [-0.05, 0) is 61.0 Å². The van der Waals surface area contributed by atoms with Gasteiger partial charge in [0.05, 0.1) is 6.04 Å². The average Bonchev–Trinajstić information content (AvgIpc) is 2.75. The number of carboxylic acid groups (broad SMARTS) is 1. The number of hydrogen-bond donors (Lipinski definition) is 1. The van der Waals surface area contributed by atoms with E-state index in [4.69, 9.17) is 5.11 Å². The molecule has 0 aliphatic heterocycles. The van der Waals surface area contributed by atoms with E-state index in [-0.39, 0.29) is 6.42 Å². The lowest BCUT2D eigenvalue weighted by molar-refractivity contribution is -0.136. The van der Waals surface area contributed by atoms with Crippen molar-refractivity contribution in [1.82, 2.24) is 20.2 Å². The third-order valence-electron chi connectivity index (χ3n) is 5.22. The maximum atomic E-state index is 10.7. The summed E-state index contributed by atoms with van der Waals surface area (Å²) in [5, 5.41) is 21.1. The van der Waals surface area contributed by atoms with Crippen molar-refractivity contribution in [1.29, 1.82) is 0 Å². The summed E-state index contributed by atoms with van der Waals surface area (Å²) < 4.78 is 0. The Labute approximate surface area is 111 Å². The zero-order valence-electron chi connectivity index (χ0n) is 10.8. The summed E-state index contributed by atoms with van der Waals surface area (Å²) in [6.45, 7) is 0. The van der Waals surface area contributed by atoms with Crippen LogP contribution in [0.3, 0.4) is 0 Å². The minimum absolute atomic E-state index is 0.132. The second-order valence-corrected chi connectivity index (χ2v) is 6.52. The quantitative estimate of drug-likeness (QED) is 0.888. The molecule has 1 N–H and O–H groups in total. The molecular formula is C13H18N4O2. The van der Waals surface area contributed by atoms with Crippen LogP contribution in [-0.4, -0.2) is 31.3 Å². The number of tetrazole rings is 1. The fourth-order valence-corrected chi connectivity index (χ4v) is 4.86. The first-order chi connectivity index (χ1) is 9.19. The Bertz CT molecular complexity index is 484. The molecule has 1 aromatic rings. The SMILES string of the molecule is O=C(O)Cc1nnn(C2C3CC4CC(C3)CC2C4)n1. The Kier molecular flexibility index (Phi) is 2.40. The van der Waals surface area contributed by atoms with Crippen LogP contribution in [0.25, 0.3) is 0 Å². The van der Waals surface area contributed by atoms with Crippen LogP contribution in [0.15, 0.2) is 0 Å². The van der Waals surface area contributed by atoms with Crippen molar-refractivity contribution in [3.63, 3.8) is 0 Å². The van der Waals surface area contributed by atoms with Gasteiger partial charge in [-0.2, -0.15) is 4.80 Å². The zero-order valence-corrected chi connectivity index (χ0v) is 10.8. The van der Waals surface area contributed by atoms with E-state index >= 15 is 0 Å². The lowest BCUT2D eigenvalue weighted by Gasteiger charge is -2.53. The van der Waals surface area contributed by atoms with Crippen LogP contribution in [0.5, 0.6) is 0 Å². The van der Waals surface area contributed by atoms with Crippen molar-refractivity contribution in [2.24, 2.45) is 23.7 Å². The van der Waals surface area contributed by atoms with Gasteiger partial charge in [0, 0.05) is 0 Å². The molecule has 0 saturated heterocycles. The molecule has 4 saturated carbocycles. The highest BCUT2D eigenvalue weighted by atomic mass is 16.4. The zero-order chi connectivity index (χ0) is 13.0. The van der Waals surface area contributed by atoms with Gasteiger partial charge in [0.1, 0.15) is 6.42 Å². The van der Waals surface area contributed by atoms with E-state index in [1.165, 1.54) is 32.1 Å². The lowest BCUT2D eigenvalue weighted by atomic mass is 9.54. The second-order valence-electron chi connectivity index (χ2n) is 6.52. The second kappa shape index (κ2) is 4.02. The molecule has 0 radical (unpaired) electrons. The number of carboxylic acids is 1. The predicted molar refractivity (Wildman–Crippen MR) is 65.2 cm³/mol. The molecule has 4 fully saturated rings. The topological polar surface area (TPSA) is 80.9 Å². The largest absolute Gasteiger partial charge is 0.481 e. The highest BCUT2D eigenvalue weighted by Crippen LogP contribution is 2.57. The van der Waals surface area contributed by atoms with Crippen molar-refractivity contribution in [2.75, 3.05) is 0 Å². The Morgan fingerprint density at radius 3 is 2.37 bits per heavy atom.